The van der Waals surface area contributed by atoms with E-state index in [4.69, 9.17) is 0 Å². The summed E-state index contributed by atoms with van der Waals surface area (Å²) in [7, 11) is 0. The Balaban J connectivity index is 1.28. The third-order valence-corrected chi connectivity index (χ3v) is 7.17. The number of aromatic nitrogens is 3. The van der Waals surface area contributed by atoms with Gasteiger partial charge in [-0.15, -0.1) is 0 Å². The van der Waals surface area contributed by atoms with Gasteiger partial charge in [0.1, 0.15) is 0 Å². The molecule has 0 saturated heterocycles. The molecule has 1 aliphatic carbocycles. The predicted molar refractivity (Wildman–Crippen MR) is 138 cm³/mol. The summed E-state index contributed by atoms with van der Waals surface area (Å²) in [6.07, 6.45) is -2.00. The largest absolute Gasteiger partial charge is 0.435 e. The van der Waals surface area contributed by atoms with E-state index in [1.807, 2.05) is 30.3 Å². The number of halogens is 3. The third-order valence-electron chi connectivity index (χ3n) is 7.17. The molecule has 0 unspecified atom stereocenters. The molecule has 0 aliphatic heterocycles. The van der Waals surface area contributed by atoms with Crippen LogP contribution in [0.3, 0.4) is 0 Å². The predicted octanol–water partition coefficient (Wildman–Crippen LogP) is 7.15. The molecular formula is C29H25F3N4O. The summed E-state index contributed by atoms with van der Waals surface area (Å²) in [5.41, 5.74) is 3.95. The van der Waals surface area contributed by atoms with Gasteiger partial charge in [0.05, 0.1) is 5.69 Å². The maximum Gasteiger partial charge on any atom is 0.435 e. The summed E-state index contributed by atoms with van der Waals surface area (Å²) < 4.78 is 44.3. The smallest absolute Gasteiger partial charge is 0.341 e. The first-order valence-electron chi connectivity index (χ1n) is 12.5. The number of rotatable bonds is 4. The highest BCUT2D eigenvalue weighted by molar-refractivity contribution is 6.11. The van der Waals surface area contributed by atoms with Gasteiger partial charge in [0.25, 0.3) is 5.91 Å². The van der Waals surface area contributed by atoms with Crippen LogP contribution in [0.5, 0.6) is 0 Å². The number of nitrogens with one attached hydrogen (secondary N) is 1. The van der Waals surface area contributed by atoms with E-state index in [1.54, 1.807) is 24.3 Å². The minimum Gasteiger partial charge on any atom is -0.341 e. The van der Waals surface area contributed by atoms with Crippen LogP contribution in [0.2, 0.25) is 0 Å². The van der Waals surface area contributed by atoms with Crippen LogP contribution in [0.4, 0.5) is 18.9 Å². The van der Waals surface area contributed by atoms with Gasteiger partial charge in [0, 0.05) is 50.9 Å². The topological polar surface area (TPSA) is 51.9 Å². The average molecular weight is 503 g/mol. The zero-order valence-corrected chi connectivity index (χ0v) is 20.3. The molecule has 2 aromatic heterocycles. The van der Waals surface area contributed by atoms with Gasteiger partial charge < -0.3 is 9.88 Å². The number of amides is 1. The molecule has 0 bridgehead atoms. The molecule has 0 radical (unpaired) electrons. The van der Waals surface area contributed by atoms with E-state index < -0.39 is 11.9 Å². The van der Waals surface area contributed by atoms with Crippen molar-refractivity contribution in [2.24, 2.45) is 0 Å². The van der Waals surface area contributed by atoms with E-state index in [0.717, 1.165) is 41.2 Å². The monoisotopic (exact) mass is 502 g/mol. The van der Waals surface area contributed by atoms with Crippen LogP contribution in [0.15, 0.2) is 66.7 Å². The van der Waals surface area contributed by atoms with Crippen LogP contribution in [0, 0.1) is 0 Å². The van der Waals surface area contributed by atoms with E-state index in [1.165, 1.54) is 4.68 Å². The molecule has 0 saturated carbocycles. The van der Waals surface area contributed by atoms with Gasteiger partial charge in [-0.2, -0.15) is 18.3 Å². The fourth-order valence-electron chi connectivity index (χ4n) is 5.47. The lowest BCUT2D eigenvalue weighted by molar-refractivity contribution is -0.142. The Kier molecular flexibility index (Phi) is 5.55. The van der Waals surface area contributed by atoms with Crippen molar-refractivity contribution in [3.8, 4) is 5.69 Å². The Morgan fingerprint density at radius 2 is 1.68 bits per heavy atom. The van der Waals surface area contributed by atoms with Gasteiger partial charge in [0.15, 0.2) is 5.69 Å². The quantitative estimate of drug-likeness (QED) is 0.284. The van der Waals surface area contributed by atoms with Crippen molar-refractivity contribution in [2.45, 2.75) is 45.3 Å². The first-order valence-corrected chi connectivity index (χ1v) is 12.5. The molecule has 188 valence electrons. The second-order valence-corrected chi connectivity index (χ2v) is 9.38. The van der Waals surface area contributed by atoms with Gasteiger partial charge in [-0.1, -0.05) is 18.2 Å². The van der Waals surface area contributed by atoms with Crippen LogP contribution < -0.4 is 5.32 Å². The fraction of sp³-hybridized carbons (Fsp3) is 0.241. The molecule has 0 spiro atoms. The van der Waals surface area contributed by atoms with E-state index in [9.17, 15) is 18.0 Å². The first kappa shape index (κ1) is 23.3. The SMILES string of the molecule is CCn1c2ccccc2c2cc(NC(=O)c3ccc(-n4nc(C(F)(F)F)c5c4CCCC5)cc3)ccc21. The highest BCUT2D eigenvalue weighted by Gasteiger charge is 2.39. The van der Waals surface area contributed by atoms with Gasteiger partial charge in [0.2, 0.25) is 0 Å². The Morgan fingerprint density at radius 1 is 0.946 bits per heavy atom. The third kappa shape index (κ3) is 3.97. The molecule has 5 aromatic rings. The minimum atomic E-state index is -4.49. The lowest BCUT2D eigenvalue weighted by Gasteiger charge is -2.15. The average Bonchev–Trinajstić information content (AvgIpc) is 3.45. The molecule has 3 aromatic carbocycles. The molecule has 8 heteroatoms. The molecular weight excluding hydrogens is 477 g/mol. The molecule has 0 fully saturated rings. The number of aryl methyl sites for hydroxylation is 1. The van der Waals surface area contributed by atoms with Crippen LogP contribution in [0.1, 0.15) is 47.1 Å². The second kappa shape index (κ2) is 8.80. The van der Waals surface area contributed by atoms with Crippen LogP contribution in [-0.4, -0.2) is 20.3 Å². The fourth-order valence-corrected chi connectivity index (χ4v) is 5.47. The summed E-state index contributed by atoms with van der Waals surface area (Å²) >= 11 is 0. The number of nitrogens with zero attached hydrogens (tertiary/aromatic N) is 3. The number of carbonyl (C=O) groups is 1. The van der Waals surface area contributed by atoms with Crippen molar-refractivity contribution in [1.82, 2.24) is 14.3 Å². The number of para-hydroxylation sites is 1. The van der Waals surface area contributed by atoms with Gasteiger partial charge >= 0.3 is 6.18 Å². The first-order chi connectivity index (χ1) is 17.8. The molecule has 6 rings (SSSR count). The molecule has 1 amide bonds. The van der Waals surface area contributed by atoms with Crippen molar-refractivity contribution in [1.29, 1.82) is 0 Å². The number of fused-ring (bicyclic) bond motifs is 4. The lowest BCUT2D eigenvalue weighted by atomic mass is 9.95. The number of alkyl halides is 3. The zero-order chi connectivity index (χ0) is 25.7. The molecule has 2 heterocycles. The molecule has 5 nitrogen and oxygen atoms in total. The number of anilines is 1. The highest BCUT2D eigenvalue weighted by Crippen LogP contribution is 2.37. The number of hydrogen-bond donors (Lipinski definition) is 1. The standard InChI is InChI=1S/C29H25F3N4O/c1-2-35-24-9-5-3-7-21(24)23-17-19(13-16-25(23)35)33-28(37)18-11-14-20(15-12-18)36-26-10-6-4-8-22(26)27(34-36)29(30,31)32/h3,5,7,9,11-17H,2,4,6,8,10H2,1H3,(H,33,37). The summed E-state index contributed by atoms with van der Waals surface area (Å²) in [6, 6.07) is 20.6. The minimum absolute atomic E-state index is 0.288. The normalized spacial score (nSPS) is 13.7. The second-order valence-electron chi connectivity index (χ2n) is 9.38. The molecule has 1 N–H and O–H groups in total. The van der Waals surface area contributed by atoms with Crippen molar-refractivity contribution < 1.29 is 18.0 Å². The summed E-state index contributed by atoms with van der Waals surface area (Å²) in [4.78, 5) is 13.0. The Hall–Kier alpha value is -4.07. The van der Waals surface area contributed by atoms with E-state index >= 15 is 0 Å². The number of hydrogen-bond acceptors (Lipinski definition) is 2. The van der Waals surface area contributed by atoms with Crippen LogP contribution >= 0.6 is 0 Å². The number of carbonyl (C=O) groups excluding carboxylic acids is 1. The highest BCUT2D eigenvalue weighted by atomic mass is 19.4. The lowest BCUT2D eigenvalue weighted by Crippen LogP contribution is -2.12. The van der Waals surface area contributed by atoms with Gasteiger partial charge in [-0.05, 0) is 81.1 Å². The van der Waals surface area contributed by atoms with Gasteiger partial charge in [-0.3, -0.25) is 4.79 Å². The Morgan fingerprint density at radius 3 is 2.43 bits per heavy atom. The summed E-state index contributed by atoms with van der Waals surface area (Å²) in [5.74, 6) is -0.288. The van der Waals surface area contributed by atoms with Gasteiger partial charge in [-0.25, -0.2) is 4.68 Å². The molecule has 0 atom stereocenters. The van der Waals surface area contributed by atoms with Crippen LogP contribution in [-0.2, 0) is 25.6 Å². The summed E-state index contributed by atoms with van der Waals surface area (Å²) in [6.45, 7) is 2.94. The van der Waals surface area contributed by atoms with Crippen molar-refractivity contribution in [3.63, 3.8) is 0 Å². The maximum absolute atomic E-state index is 13.6. The van der Waals surface area contributed by atoms with Crippen molar-refractivity contribution >= 4 is 33.4 Å². The Bertz CT molecular complexity index is 1640. The summed E-state index contributed by atoms with van der Waals surface area (Å²) in [5, 5.41) is 9.07. The van der Waals surface area contributed by atoms with Crippen molar-refractivity contribution in [2.75, 3.05) is 5.32 Å². The molecule has 1 aliphatic rings. The number of benzene rings is 3. The van der Waals surface area contributed by atoms with E-state index in [0.29, 0.717) is 41.0 Å². The molecule has 37 heavy (non-hydrogen) atoms. The van der Waals surface area contributed by atoms with E-state index in [2.05, 4.69) is 34.0 Å². The van der Waals surface area contributed by atoms with E-state index in [-0.39, 0.29) is 5.91 Å². The Labute approximate surface area is 211 Å². The zero-order valence-electron chi connectivity index (χ0n) is 20.3. The van der Waals surface area contributed by atoms with Crippen LogP contribution in [0.25, 0.3) is 27.5 Å². The maximum atomic E-state index is 13.6. The van der Waals surface area contributed by atoms with Crippen molar-refractivity contribution in [3.05, 3.63) is 89.2 Å².